The Morgan fingerprint density at radius 1 is 0.126 bits per heavy atom. The van der Waals surface area contributed by atoms with Gasteiger partial charge in [0.05, 0.1) is 56.1 Å². The lowest BCUT2D eigenvalue weighted by Crippen LogP contribution is -2.36. The molecule has 0 N–H and O–H groups in total. The molecule has 6 aliphatic rings. The highest BCUT2D eigenvalue weighted by Crippen LogP contribution is 2.67. The van der Waals surface area contributed by atoms with E-state index in [1.807, 2.05) is 101 Å². The van der Waals surface area contributed by atoms with E-state index in [4.69, 9.17) is 15.0 Å². The summed E-state index contributed by atoms with van der Waals surface area (Å²) in [5.41, 5.74) is 34.5. The van der Waals surface area contributed by atoms with E-state index in [9.17, 15) is 0 Å². The number of hydrogen-bond donors (Lipinski definition) is 0. The summed E-state index contributed by atoms with van der Waals surface area (Å²) >= 11 is 11.3. The second-order valence-corrected chi connectivity index (χ2v) is 40.9. The van der Waals surface area contributed by atoms with Crippen molar-refractivity contribution in [1.82, 2.24) is 19.9 Å². The number of rotatable bonds is 9. The van der Waals surface area contributed by atoms with Crippen LogP contribution in [0.3, 0.4) is 0 Å². The summed E-state index contributed by atoms with van der Waals surface area (Å²) in [5, 5.41) is 0. The Bertz CT molecular complexity index is 7740. The van der Waals surface area contributed by atoms with E-state index in [1.54, 1.807) is 0 Å². The summed E-state index contributed by atoms with van der Waals surface area (Å²) < 4.78 is 0. The van der Waals surface area contributed by atoms with E-state index < -0.39 is 16.2 Å². The third-order valence-electron chi connectivity index (χ3n) is 26.9. The molecule has 17 aromatic carbocycles. The highest BCUT2D eigenvalue weighted by atomic mass is 32.2. The van der Waals surface area contributed by atoms with Gasteiger partial charge in [-0.05, 0) is 210 Å². The van der Waals surface area contributed by atoms with Crippen molar-refractivity contribution in [2.75, 3.05) is 0 Å². The number of hydrogen-bond acceptors (Lipinski definition) is 10. The van der Waals surface area contributed by atoms with E-state index in [0.29, 0.717) is 0 Å². The van der Waals surface area contributed by atoms with Gasteiger partial charge in [0.1, 0.15) is 0 Å². The lowest BCUT2D eigenvalue weighted by Gasteiger charge is -2.45. The van der Waals surface area contributed by atoms with Gasteiger partial charge in [-0.2, -0.15) is 0 Å². The third kappa shape index (κ3) is 14.3. The molecule has 10 heteroatoms. The first-order valence-electron chi connectivity index (χ1n) is 45.5. The van der Waals surface area contributed by atoms with Gasteiger partial charge >= 0.3 is 0 Å². The predicted octanol–water partition coefficient (Wildman–Crippen LogP) is 33.6. The fourth-order valence-corrected chi connectivity index (χ4v) is 28.3. The van der Waals surface area contributed by atoms with Gasteiger partial charge in [0.25, 0.3) is 0 Å². The van der Waals surface area contributed by atoms with Gasteiger partial charge < -0.3 is 0 Å². The fourth-order valence-electron chi connectivity index (χ4n) is 20.9. The van der Waals surface area contributed by atoms with Crippen LogP contribution in [0.15, 0.2) is 544 Å². The molecule has 0 saturated carbocycles. The molecule has 0 bridgehead atoms. The van der Waals surface area contributed by atoms with Crippen LogP contribution in [-0.4, -0.2) is 19.9 Å². The van der Waals surface area contributed by atoms with Gasteiger partial charge in [0, 0.05) is 104 Å². The Morgan fingerprint density at radius 3 is 0.570 bits per heavy atom. The molecular weight excluding hydrogens is 1750 g/mol. The van der Waals surface area contributed by atoms with E-state index >= 15 is 0 Å². The van der Waals surface area contributed by atoms with Crippen LogP contribution >= 0.6 is 70.6 Å². The Morgan fingerprint density at radius 2 is 0.311 bits per heavy atom. The number of fused-ring (bicyclic) bond motifs is 24. The highest BCUT2D eigenvalue weighted by molar-refractivity contribution is 8.01. The minimum absolute atomic E-state index is 0.429. The first kappa shape index (κ1) is 82.4. The van der Waals surface area contributed by atoms with Gasteiger partial charge in [0.15, 0.2) is 0 Å². The molecule has 10 heterocycles. The molecule has 3 spiro atoms. The number of nitrogens with zero attached hydrogens (tertiary/aromatic N) is 4. The van der Waals surface area contributed by atoms with Crippen LogP contribution in [0, 0.1) is 0 Å². The average molecular weight is 1830 g/mol. The van der Waals surface area contributed by atoms with Crippen molar-refractivity contribution in [3.63, 3.8) is 0 Å². The fraction of sp³-hybridized carbons (Fsp3) is 0.0240. The summed E-state index contributed by atoms with van der Waals surface area (Å²) in [7, 11) is 0. The van der Waals surface area contributed by atoms with Crippen molar-refractivity contribution in [1.29, 1.82) is 0 Å². The molecule has 4 nitrogen and oxygen atoms in total. The van der Waals surface area contributed by atoms with Crippen molar-refractivity contribution in [3.05, 3.63) is 552 Å². The molecule has 0 saturated heterocycles. The molecule has 0 aliphatic carbocycles. The molecule has 636 valence electrons. The average Bonchev–Trinajstić information content (AvgIpc) is 0.695. The lowest BCUT2D eigenvalue weighted by atomic mass is 9.64. The standard InChI is InChI=1S/2C42H27NS2.C41H26N2S2/c1-3-12-28(13-4-1)30-22-24-34-40(26-30)44-38-20-9-7-16-32(38)42(34)33-17-8-10-21-39(33)45-41-27-31(23-25-35(41)42)37-19-11-18-36(43-37)29-14-5-2-6-15-29;1-3-12-28(13-4-1)30-22-24-34-40(26-30)45-41-27-31(37-19-11-18-36(43-37)29-14-5-2-6-15-29)23-25-35(41)42(34)32-16-7-9-20-38(32)44-39-21-10-8-17-33(39)42;1-2-11-27(12-3-1)35-16-10-17-36(43-35)29-21-23-33-40(26-29)45-38-19-7-5-14-31(38)41(33)30-13-4-6-18-37(30)44-39-25-28(20-22-32(39)41)34-15-8-9-24-42-34/h2*1-27H;1-26H. The van der Waals surface area contributed by atoms with Crippen molar-refractivity contribution >= 4 is 70.6 Å². The zero-order chi connectivity index (χ0) is 89.4. The normalized spacial score (nSPS) is 15.2. The minimum atomic E-state index is -0.450. The quantitative estimate of drug-likeness (QED) is 0.140. The number of benzene rings is 17. The zero-order valence-corrected chi connectivity index (χ0v) is 77.8. The molecule has 0 fully saturated rings. The molecule has 0 amide bonds. The Hall–Kier alpha value is -14.6. The topological polar surface area (TPSA) is 51.6 Å². The summed E-state index contributed by atoms with van der Waals surface area (Å²) in [4.78, 5) is 35.5. The Kier molecular flexibility index (Phi) is 21.2. The van der Waals surface area contributed by atoms with E-state index in [0.717, 1.165) is 78.8 Å². The van der Waals surface area contributed by atoms with Crippen molar-refractivity contribution < 1.29 is 0 Å². The van der Waals surface area contributed by atoms with Crippen LogP contribution in [-0.2, 0) is 16.2 Å². The molecule has 2 atom stereocenters. The molecule has 27 rings (SSSR count). The first-order chi connectivity index (χ1) is 66.9. The maximum absolute atomic E-state index is 5.12. The molecule has 0 radical (unpaired) electrons. The molecule has 6 aliphatic heterocycles. The second-order valence-electron chi connectivity index (χ2n) is 34.4. The molecule has 2 unspecified atom stereocenters. The monoisotopic (exact) mass is 1830 g/mol. The minimum Gasteiger partial charge on any atom is -0.256 e. The first-order valence-corrected chi connectivity index (χ1v) is 50.4. The van der Waals surface area contributed by atoms with Crippen LogP contribution in [0.2, 0.25) is 0 Å². The predicted molar refractivity (Wildman–Crippen MR) is 559 cm³/mol. The molecule has 21 aromatic rings. The van der Waals surface area contributed by atoms with Crippen LogP contribution in [0.25, 0.3) is 101 Å². The maximum Gasteiger partial charge on any atom is 0.0745 e. The third-order valence-corrected chi connectivity index (χ3v) is 33.7. The van der Waals surface area contributed by atoms with Gasteiger partial charge in [-0.3, -0.25) is 4.98 Å². The van der Waals surface area contributed by atoms with Crippen LogP contribution in [0.5, 0.6) is 0 Å². The summed E-state index contributed by atoms with van der Waals surface area (Å²) in [5.74, 6) is 0. The van der Waals surface area contributed by atoms with E-state index in [1.165, 1.54) is 148 Å². The number of aromatic nitrogens is 4. The number of pyridine rings is 4. The second kappa shape index (κ2) is 34.8. The molecular formula is C125H80N4S6. The summed E-state index contributed by atoms with van der Waals surface area (Å²) in [6.07, 6.45) is 1.87. The zero-order valence-electron chi connectivity index (χ0n) is 72.9. The van der Waals surface area contributed by atoms with Crippen molar-refractivity contribution in [3.8, 4) is 101 Å². The van der Waals surface area contributed by atoms with E-state index in [-0.39, 0.29) is 0 Å². The largest absolute Gasteiger partial charge is 0.256 e. The van der Waals surface area contributed by atoms with Crippen molar-refractivity contribution in [2.45, 2.75) is 75.0 Å². The summed E-state index contributed by atoms with van der Waals surface area (Å²) in [6.45, 7) is 0. The van der Waals surface area contributed by atoms with Crippen LogP contribution in [0.1, 0.15) is 66.8 Å². The highest BCUT2D eigenvalue weighted by Gasteiger charge is 2.53. The van der Waals surface area contributed by atoms with Crippen molar-refractivity contribution in [2.24, 2.45) is 0 Å². The van der Waals surface area contributed by atoms with Crippen LogP contribution < -0.4 is 0 Å². The smallest absolute Gasteiger partial charge is 0.0745 e. The maximum atomic E-state index is 5.12. The Balaban J connectivity index is 0.000000108. The van der Waals surface area contributed by atoms with Gasteiger partial charge in [0.2, 0.25) is 0 Å². The Labute approximate surface area is 811 Å². The van der Waals surface area contributed by atoms with Crippen LogP contribution in [0.4, 0.5) is 0 Å². The van der Waals surface area contributed by atoms with Gasteiger partial charge in [-0.25, -0.2) is 15.0 Å². The van der Waals surface area contributed by atoms with Gasteiger partial charge in [-0.15, -0.1) is 0 Å². The molecule has 4 aromatic heterocycles. The SMILES string of the molecule is c1ccc(-c2ccc3c(c2)Sc2cc(-c4cccc(-c5ccccc5)n4)ccc2C32c3ccccc3Sc3ccccc32)cc1.c1ccc(-c2ccc3c(c2)Sc2ccccc2C32c3ccccc3Sc3cc(-c4cccc(-c5ccccc5)n4)ccc32)cc1.c1ccc(-c2cccc(-c3ccc4c(c3)Sc3ccccc3C43c4ccccc4Sc4cc(-c5ccccn5)ccc43)n2)cc1. The lowest BCUT2D eigenvalue weighted by molar-refractivity contribution is 0.667. The van der Waals surface area contributed by atoms with E-state index in [2.05, 4.69) is 460 Å². The van der Waals surface area contributed by atoms with Gasteiger partial charge in [-0.1, -0.05) is 428 Å². The molecule has 135 heavy (non-hydrogen) atoms. The summed E-state index contributed by atoms with van der Waals surface area (Å²) in [6, 6.07) is 174.